The van der Waals surface area contributed by atoms with Crippen molar-refractivity contribution < 1.29 is 33.0 Å². The van der Waals surface area contributed by atoms with Crippen molar-refractivity contribution in [3.05, 3.63) is 71.0 Å². The molecule has 33 heavy (non-hydrogen) atoms. The van der Waals surface area contributed by atoms with Gasteiger partial charge in [-0.15, -0.1) is 0 Å². The summed E-state index contributed by atoms with van der Waals surface area (Å²) in [5.41, 5.74) is 2.35. The lowest BCUT2D eigenvalue weighted by Gasteiger charge is -2.03. The molecule has 2 N–H and O–H groups in total. The van der Waals surface area contributed by atoms with Crippen LogP contribution < -0.4 is 0 Å². The maximum Gasteiger partial charge on any atom is 0.163 e. The Bertz CT molecular complexity index is 1100. The molecule has 0 aliphatic carbocycles. The minimum Gasteiger partial charge on any atom is -0.369 e. The van der Waals surface area contributed by atoms with Gasteiger partial charge in [-0.2, -0.15) is 0 Å². The van der Waals surface area contributed by atoms with Gasteiger partial charge in [0.15, 0.2) is 18.3 Å². The molecule has 0 amide bonds. The summed E-state index contributed by atoms with van der Waals surface area (Å²) in [5.74, 6) is -0.910. The molecule has 1 heterocycles. The zero-order chi connectivity index (χ0) is 23.6. The van der Waals surface area contributed by atoms with Gasteiger partial charge in [-0.25, -0.2) is 8.78 Å². The number of ether oxygens (including phenoxy) is 1. The van der Waals surface area contributed by atoms with Crippen LogP contribution in [0.2, 0.25) is 0 Å². The Kier molecular flexibility index (Phi) is 8.94. The smallest absolute Gasteiger partial charge is 0.163 e. The highest BCUT2D eigenvalue weighted by atomic mass is 19.1. The normalized spacial score (nSPS) is 11.5. The Morgan fingerprint density at radius 2 is 1.94 bits per heavy atom. The topological polar surface area (TPSA) is 105 Å². The Labute approximate surface area is 189 Å². The molecule has 0 saturated heterocycles. The third-order valence-corrected chi connectivity index (χ3v) is 4.81. The highest BCUT2D eigenvalue weighted by Crippen LogP contribution is 2.27. The Hall–Kier alpha value is -3.27. The summed E-state index contributed by atoms with van der Waals surface area (Å²) in [6.07, 6.45) is 3.44. The summed E-state index contributed by atoms with van der Waals surface area (Å²) in [6.45, 7) is -0.00388. The molecule has 0 radical (unpaired) electrons. The molecular formula is C24H24F2N2O5. The van der Waals surface area contributed by atoms with Gasteiger partial charge in [-0.1, -0.05) is 17.3 Å². The number of aldehydes is 1. The molecule has 0 spiro atoms. The average molecular weight is 458 g/mol. The summed E-state index contributed by atoms with van der Waals surface area (Å²) < 4.78 is 37.3. The first-order chi connectivity index (χ1) is 16.0. The second kappa shape index (κ2) is 12.1. The van der Waals surface area contributed by atoms with Crippen LogP contribution in [0.3, 0.4) is 0 Å². The maximum atomic E-state index is 13.7. The molecule has 2 aromatic carbocycles. The molecule has 3 rings (SSSR count). The van der Waals surface area contributed by atoms with E-state index >= 15 is 0 Å². The van der Waals surface area contributed by atoms with Gasteiger partial charge in [0, 0.05) is 35.0 Å². The van der Waals surface area contributed by atoms with Crippen LogP contribution in [-0.2, 0) is 18.0 Å². The fourth-order valence-corrected chi connectivity index (χ4v) is 3.06. The maximum absolute atomic E-state index is 13.7. The second-order valence-corrected chi connectivity index (χ2v) is 7.38. The molecule has 0 aliphatic heterocycles. The molecule has 0 saturated carbocycles. The number of aliphatic hydroxyl groups excluding tert-OH is 1. The molecule has 0 fully saturated rings. The third kappa shape index (κ3) is 7.38. The van der Waals surface area contributed by atoms with E-state index in [-0.39, 0.29) is 18.8 Å². The van der Waals surface area contributed by atoms with Crippen LogP contribution in [0.25, 0.3) is 11.3 Å². The SMILES string of the molecule is O=Cc1ccc(-c2cc(COCc3ccc(F)cc3F)on2)cc1N=CCCCCC(O)O. The number of aromatic nitrogens is 1. The van der Waals surface area contributed by atoms with E-state index < -0.39 is 17.9 Å². The largest absolute Gasteiger partial charge is 0.369 e. The fraction of sp³-hybridized carbons (Fsp3) is 0.292. The van der Waals surface area contributed by atoms with Crippen LogP contribution in [0.4, 0.5) is 14.5 Å². The van der Waals surface area contributed by atoms with Crippen molar-refractivity contribution in [3.63, 3.8) is 0 Å². The quantitative estimate of drug-likeness (QED) is 0.176. The molecule has 7 nitrogen and oxygen atoms in total. The monoisotopic (exact) mass is 458 g/mol. The molecule has 0 aliphatic rings. The van der Waals surface area contributed by atoms with Crippen LogP contribution in [0.5, 0.6) is 0 Å². The number of unbranched alkanes of at least 4 members (excludes halogenated alkanes) is 2. The lowest BCUT2D eigenvalue weighted by atomic mass is 10.1. The van der Waals surface area contributed by atoms with E-state index in [1.54, 1.807) is 30.5 Å². The predicted molar refractivity (Wildman–Crippen MR) is 117 cm³/mol. The standard InChI is InChI=1S/C24H24F2N2O5/c25-19-8-7-18(21(26)11-19)14-32-15-20-12-23(28-33-20)16-5-6-17(13-29)22(10-16)27-9-3-1-2-4-24(30)31/h5-13,24,30-31H,1-4,14-15H2. The van der Waals surface area contributed by atoms with Crippen LogP contribution in [0.15, 0.2) is 52.0 Å². The number of halogens is 2. The average Bonchev–Trinajstić information content (AvgIpc) is 3.26. The predicted octanol–water partition coefficient (Wildman–Crippen LogP) is 4.72. The molecule has 0 unspecified atom stereocenters. The van der Waals surface area contributed by atoms with Crippen molar-refractivity contribution in [2.45, 2.75) is 45.2 Å². The molecule has 9 heteroatoms. The molecule has 3 aromatic rings. The minimum atomic E-state index is -1.30. The van der Waals surface area contributed by atoms with Crippen molar-refractivity contribution in [2.24, 2.45) is 4.99 Å². The van der Waals surface area contributed by atoms with Gasteiger partial charge in [0.05, 0.1) is 12.3 Å². The molecule has 1 aromatic heterocycles. The molecule has 174 valence electrons. The van der Waals surface area contributed by atoms with E-state index in [0.29, 0.717) is 47.5 Å². The first-order valence-corrected chi connectivity index (χ1v) is 10.4. The van der Waals surface area contributed by atoms with Gasteiger partial charge in [0.1, 0.15) is 23.9 Å². The molecular weight excluding hydrogens is 434 g/mol. The highest BCUT2D eigenvalue weighted by molar-refractivity contribution is 5.86. The summed E-state index contributed by atoms with van der Waals surface area (Å²) in [5, 5.41) is 21.7. The number of aliphatic imine (C=N–C) groups is 1. The lowest BCUT2D eigenvalue weighted by molar-refractivity contribution is -0.0464. The summed E-state index contributed by atoms with van der Waals surface area (Å²) in [6, 6.07) is 10.0. The number of carbonyl (C=O) groups excluding carboxylic acids is 1. The van der Waals surface area contributed by atoms with Crippen LogP contribution in [-0.4, -0.2) is 34.2 Å². The van der Waals surface area contributed by atoms with Crippen LogP contribution >= 0.6 is 0 Å². The van der Waals surface area contributed by atoms with Crippen molar-refractivity contribution in [3.8, 4) is 11.3 Å². The van der Waals surface area contributed by atoms with Crippen LogP contribution in [0.1, 0.15) is 47.4 Å². The van der Waals surface area contributed by atoms with Gasteiger partial charge in [-0.3, -0.25) is 9.79 Å². The van der Waals surface area contributed by atoms with E-state index in [9.17, 15) is 13.6 Å². The van der Waals surface area contributed by atoms with Crippen molar-refractivity contribution >= 4 is 18.2 Å². The van der Waals surface area contributed by atoms with Gasteiger partial charge >= 0.3 is 0 Å². The Balaban J connectivity index is 1.60. The number of hydrogen-bond acceptors (Lipinski definition) is 7. The lowest BCUT2D eigenvalue weighted by Crippen LogP contribution is -2.02. The fourth-order valence-electron chi connectivity index (χ4n) is 3.06. The van der Waals surface area contributed by atoms with Gasteiger partial charge in [-0.05, 0) is 43.9 Å². The zero-order valence-electron chi connectivity index (χ0n) is 17.8. The summed E-state index contributed by atoms with van der Waals surface area (Å²) in [7, 11) is 0. The summed E-state index contributed by atoms with van der Waals surface area (Å²) >= 11 is 0. The molecule has 0 bridgehead atoms. The van der Waals surface area contributed by atoms with E-state index in [4.69, 9.17) is 19.5 Å². The van der Waals surface area contributed by atoms with Crippen molar-refractivity contribution in [2.75, 3.05) is 0 Å². The van der Waals surface area contributed by atoms with Gasteiger partial charge in [0.25, 0.3) is 0 Å². The van der Waals surface area contributed by atoms with Crippen molar-refractivity contribution in [1.82, 2.24) is 5.16 Å². The number of benzene rings is 2. The van der Waals surface area contributed by atoms with Crippen LogP contribution in [0, 0.1) is 11.6 Å². The first kappa shape index (κ1) is 24.4. The Morgan fingerprint density at radius 1 is 1.09 bits per heavy atom. The van der Waals surface area contributed by atoms with E-state index in [1.807, 2.05) is 0 Å². The first-order valence-electron chi connectivity index (χ1n) is 10.4. The number of rotatable bonds is 12. The number of hydrogen-bond donors (Lipinski definition) is 2. The minimum absolute atomic E-state index is 0.0454. The Morgan fingerprint density at radius 3 is 2.70 bits per heavy atom. The van der Waals surface area contributed by atoms with Gasteiger partial charge < -0.3 is 19.5 Å². The van der Waals surface area contributed by atoms with Gasteiger partial charge in [0.2, 0.25) is 0 Å². The van der Waals surface area contributed by atoms with E-state index in [2.05, 4.69) is 10.1 Å². The number of carbonyl (C=O) groups is 1. The third-order valence-electron chi connectivity index (χ3n) is 4.81. The highest BCUT2D eigenvalue weighted by Gasteiger charge is 2.11. The summed E-state index contributed by atoms with van der Waals surface area (Å²) in [4.78, 5) is 15.7. The second-order valence-electron chi connectivity index (χ2n) is 7.38. The zero-order valence-corrected chi connectivity index (χ0v) is 17.8. The van der Waals surface area contributed by atoms with Crippen molar-refractivity contribution in [1.29, 1.82) is 0 Å². The molecule has 0 atom stereocenters. The van der Waals surface area contributed by atoms with E-state index in [1.165, 1.54) is 6.07 Å². The number of aliphatic hydroxyl groups is 2. The van der Waals surface area contributed by atoms with E-state index in [0.717, 1.165) is 24.8 Å². The number of nitrogens with zero attached hydrogens (tertiary/aromatic N) is 2.